The Labute approximate surface area is 96.1 Å². The number of fused-ring (bicyclic) bond motifs is 1. The van der Waals surface area contributed by atoms with Crippen molar-refractivity contribution in [1.29, 1.82) is 0 Å². The first kappa shape index (κ1) is 10.4. The minimum absolute atomic E-state index is 0.358. The number of alkyl halides is 2. The summed E-state index contributed by atoms with van der Waals surface area (Å²) in [5.74, 6) is 0.847. The lowest BCUT2D eigenvalue weighted by molar-refractivity contribution is 0.0610. The van der Waals surface area contributed by atoms with E-state index in [2.05, 4.69) is 15.3 Å². The molecule has 0 N–H and O–H groups in total. The van der Waals surface area contributed by atoms with Crippen LogP contribution in [0.3, 0.4) is 0 Å². The van der Waals surface area contributed by atoms with E-state index in [9.17, 15) is 8.78 Å². The molecule has 3 rings (SSSR count). The van der Waals surface area contributed by atoms with Crippen molar-refractivity contribution in [3.8, 4) is 0 Å². The molecule has 7 heteroatoms. The minimum Gasteiger partial charge on any atom is -0.354 e. The van der Waals surface area contributed by atoms with Gasteiger partial charge in [-0.1, -0.05) is 0 Å². The topological polar surface area (TPSA) is 46.3 Å². The Bertz CT molecular complexity index is 547. The average molecular weight is 239 g/mol. The first-order valence-electron chi connectivity index (χ1n) is 5.37. The molecule has 3 heterocycles. The summed E-state index contributed by atoms with van der Waals surface area (Å²) in [7, 11) is 0. The molecule has 5 nitrogen and oxygen atoms in total. The van der Waals surface area contributed by atoms with E-state index < -0.39 is 12.3 Å². The van der Waals surface area contributed by atoms with Crippen LogP contribution < -0.4 is 4.90 Å². The van der Waals surface area contributed by atoms with Gasteiger partial charge < -0.3 is 4.90 Å². The fraction of sp³-hybridized carbons (Fsp3) is 0.500. The number of aryl methyl sites for hydroxylation is 1. The summed E-state index contributed by atoms with van der Waals surface area (Å²) in [6, 6.07) is 3.57. The molecule has 0 radical (unpaired) electrons. The highest BCUT2D eigenvalue weighted by Crippen LogP contribution is 2.26. The van der Waals surface area contributed by atoms with E-state index >= 15 is 0 Å². The number of hydrogen-bond acceptors (Lipinski definition) is 4. The Hall–Kier alpha value is -1.79. The van der Waals surface area contributed by atoms with E-state index in [1.807, 2.05) is 4.90 Å². The Balaban J connectivity index is 1.85. The van der Waals surface area contributed by atoms with Crippen LogP contribution in [-0.2, 0) is 0 Å². The lowest BCUT2D eigenvalue weighted by Gasteiger charge is -2.39. The van der Waals surface area contributed by atoms with Gasteiger partial charge in [0.25, 0.3) is 0 Å². The van der Waals surface area contributed by atoms with Crippen molar-refractivity contribution >= 4 is 11.5 Å². The van der Waals surface area contributed by atoms with Crippen LogP contribution in [0.5, 0.6) is 0 Å². The predicted octanol–water partition coefficient (Wildman–Crippen LogP) is 1.13. The molecule has 0 saturated carbocycles. The van der Waals surface area contributed by atoms with Crippen LogP contribution in [-0.4, -0.2) is 39.3 Å². The summed E-state index contributed by atoms with van der Waals surface area (Å²) in [5.41, 5.74) is 0.664. The number of aromatic nitrogens is 4. The Morgan fingerprint density at radius 2 is 2.06 bits per heavy atom. The summed E-state index contributed by atoms with van der Waals surface area (Å²) >= 11 is 0. The van der Waals surface area contributed by atoms with Gasteiger partial charge in [-0.05, 0) is 19.1 Å². The highest BCUT2D eigenvalue weighted by Gasteiger charge is 2.34. The van der Waals surface area contributed by atoms with Crippen molar-refractivity contribution in [2.75, 3.05) is 18.0 Å². The van der Waals surface area contributed by atoms with Crippen molar-refractivity contribution in [3.63, 3.8) is 0 Å². The monoisotopic (exact) mass is 239 g/mol. The number of hydrogen-bond donors (Lipinski definition) is 0. The van der Waals surface area contributed by atoms with Gasteiger partial charge in [0, 0.05) is 13.1 Å². The zero-order chi connectivity index (χ0) is 12.0. The molecule has 0 bridgehead atoms. The number of halogens is 2. The van der Waals surface area contributed by atoms with Crippen LogP contribution in [0.25, 0.3) is 5.65 Å². The first-order valence-corrected chi connectivity index (χ1v) is 5.37. The van der Waals surface area contributed by atoms with Crippen LogP contribution in [0.1, 0.15) is 5.82 Å². The second-order valence-electron chi connectivity index (χ2n) is 4.21. The SMILES string of the molecule is Cc1nnc2ccc(N3CC(C(F)F)C3)nn12. The van der Waals surface area contributed by atoms with E-state index in [0.29, 0.717) is 30.4 Å². The van der Waals surface area contributed by atoms with Crippen molar-refractivity contribution in [2.24, 2.45) is 5.92 Å². The van der Waals surface area contributed by atoms with Crippen LogP contribution in [0.2, 0.25) is 0 Å². The van der Waals surface area contributed by atoms with Gasteiger partial charge in [-0.2, -0.15) is 4.52 Å². The fourth-order valence-corrected chi connectivity index (χ4v) is 1.91. The summed E-state index contributed by atoms with van der Waals surface area (Å²) < 4.78 is 26.3. The largest absolute Gasteiger partial charge is 0.354 e. The molecule has 1 fully saturated rings. The van der Waals surface area contributed by atoms with Crippen LogP contribution in [0.15, 0.2) is 12.1 Å². The van der Waals surface area contributed by atoms with E-state index in [1.165, 1.54) is 0 Å². The molecular weight excluding hydrogens is 228 g/mol. The van der Waals surface area contributed by atoms with Crippen molar-refractivity contribution < 1.29 is 8.78 Å². The molecule has 0 spiro atoms. The number of nitrogens with zero attached hydrogens (tertiary/aromatic N) is 5. The van der Waals surface area contributed by atoms with Gasteiger partial charge in [-0.3, -0.25) is 0 Å². The van der Waals surface area contributed by atoms with E-state index in [-0.39, 0.29) is 0 Å². The maximum Gasteiger partial charge on any atom is 0.244 e. The predicted molar refractivity (Wildman–Crippen MR) is 57.2 cm³/mol. The van der Waals surface area contributed by atoms with Crippen LogP contribution in [0.4, 0.5) is 14.6 Å². The van der Waals surface area contributed by atoms with Gasteiger partial charge in [0.05, 0.1) is 5.92 Å². The highest BCUT2D eigenvalue weighted by molar-refractivity contribution is 5.47. The quantitative estimate of drug-likeness (QED) is 0.788. The summed E-state index contributed by atoms with van der Waals surface area (Å²) in [4.78, 5) is 1.83. The maximum absolute atomic E-state index is 12.4. The van der Waals surface area contributed by atoms with Gasteiger partial charge in [0.2, 0.25) is 6.43 Å². The van der Waals surface area contributed by atoms with Gasteiger partial charge in [0.15, 0.2) is 11.5 Å². The lowest BCUT2D eigenvalue weighted by Crippen LogP contribution is -2.50. The normalized spacial score (nSPS) is 16.8. The third-order valence-corrected chi connectivity index (χ3v) is 2.99. The smallest absolute Gasteiger partial charge is 0.244 e. The molecule has 0 atom stereocenters. The number of rotatable bonds is 2. The fourth-order valence-electron chi connectivity index (χ4n) is 1.91. The third kappa shape index (κ3) is 1.62. The summed E-state index contributed by atoms with van der Waals surface area (Å²) in [5, 5.41) is 12.1. The molecule has 2 aromatic rings. The van der Waals surface area contributed by atoms with Gasteiger partial charge in [-0.15, -0.1) is 15.3 Å². The van der Waals surface area contributed by atoms with E-state index in [1.54, 1.807) is 23.6 Å². The van der Waals surface area contributed by atoms with Gasteiger partial charge in [0.1, 0.15) is 5.82 Å². The molecule has 0 unspecified atom stereocenters. The van der Waals surface area contributed by atoms with E-state index in [4.69, 9.17) is 0 Å². The molecule has 1 saturated heterocycles. The summed E-state index contributed by atoms with van der Waals surface area (Å²) in [6.45, 7) is 2.52. The van der Waals surface area contributed by atoms with Crippen molar-refractivity contribution in [3.05, 3.63) is 18.0 Å². The molecular formula is C10H11F2N5. The Kier molecular flexibility index (Phi) is 2.20. The second kappa shape index (κ2) is 3.61. The maximum atomic E-state index is 12.4. The number of anilines is 1. The summed E-state index contributed by atoms with van der Waals surface area (Å²) in [6.07, 6.45) is -2.24. The second-order valence-corrected chi connectivity index (χ2v) is 4.21. The lowest BCUT2D eigenvalue weighted by atomic mass is 10.0. The van der Waals surface area contributed by atoms with Crippen LogP contribution >= 0.6 is 0 Å². The van der Waals surface area contributed by atoms with E-state index in [0.717, 1.165) is 0 Å². The van der Waals surface area contributed by atoms with Crippen molar-refractivity contribution in [2.45, 2.75) is 13.3 Å². The molecule has 1 aliphatic rings. The molecule has 1 aliphatic heterocycles. The molecule has 0 aromatic carbocycles. The molecule has 0 aliphatic carbocycles. The third-order valence-electron chi connectivity index (χ3n) is 2.99. The van der Waals surface area contributed by atoms with Crippen molar-refractivity contribution in [1.82, 2.24) is 19.8 Å². The van der Waals surface area contributed by atoms with Gasteiger partial charge >= 0.3 is 0 Å². The minimum atomic E-state index is -2.24. The van der Waals surface area contributed by atoms with Gasteiger partial charge in [-0.25, -0.2) is 8.78 Å². The molecule has 17 heavy (non-hydrogen) atoms. The zero-order valence-corrected chi connectivity index (χ0v) is 9.22. The molecule has 0 amide bonds. The Morgan fingerprint density at radius 1 is 1.29 bits per heavy atom. The Morgan fingerprint density at radius 3 is 2.76 bits per heavy atom. The molecule has 90 valence electrons. The van der Waals surface area contributed by atoms with Crippen LogP contribution in [0, 0.1) is 12.8 Å². The first-order chi connectivity index (χ1) is 8.15. The highest BCUT2D eigenvalue weighted by atomic mass is 19.3. The molecule has 2 aromatic heterocycles. The zero-order valence-electron chi connectivity index (χ0n) is 9.22. The standard InChI is InChI=1S/C10H11F2N5/c1-6-13-14-8-2-3-9(15-17(6)8)16-4-7(5-16)10(11)12/h2-3,7,10H,4-5H2,1H3. The average Bonchev–Trinajstić information content (AvgIpc) is 2.58.